The molecule has 0 saturated carbocycles. The monoisotopic (exact) mass is 281 g/mol. The number of hydrogen-bond donors (Lipinski definition) is 1. The van der Waals surface area contributed by atoms with Crippen molar-refractivity contribution in [3.05, 3.63) is 51.2 Å². The molecule has 0 aliphatic carbocycles. The van der Waals surface area contributed by atoms with Crippen molar-refractivity contribution in [3.8, 4) is 5.75 Å². The molecule has 2 atom stereocenters. The van der Waals surface area contributed by atoms with E-state index in [2.05, 4.69) is 0 Å². The van der Waals surface area contributed by atoms with Gasteiger partial charge in [-0.25, -0.2) is 0 Å². The van der Waals surface area contributed by atoms with Crippen molar-refractivity contribution in [2.24, 2.45) is 5.73 Å². The Morgan fingerprint density at radius 3 is 2.67 bits per heavy atom. The van der Waals surface area contributed by atoms with Crippen LogP contribution in [0.3, 0.4) is 0 Å². The molecule has 0 bridgehead atoms. The van der Waals surface area contributed by atoms with Crippen molar-refractivity contribution in [2.75, 3.05) is 0 Å². The summed E-state index contributed by atoms with van der Waals surface area (Å²) in [5.41, 5.74) is 7.00. The zero-order chi connectivity index (χ0) is 13.1. The van der Waals surface area contributed by atoms with E-state index in [1.807, 2.05) is 49.6 Å². The molecule has 1 aromatic carbocycles. The first-order valence-corrected chi connectivity index (χ1v) is 7.05. The van der Waals surface area contributed by atoms with E-state index in [9.17, 15) is 0 Å². The molecular formula is C14H16ClNOS. The van der Waals surface area contributed by atoms with E-state index in [-0.39, 0.29) is 12.1 Å². The topological polar surface area (TPSA) is 35.2 Å². The fourth-order valence-electron chi connectivity index (χ4n) is 1.71. The molecule has 0 amide bonds. The molecular weight excluding hydrogens is 266 g/mol. The predicted molar refractivity (Wildman–Crippen MR) is 77.5 cm³/mol. The first kappa shape index (κ1) is 13.4. The highest BCUT2D eigenvalue weighted by atomic mass is 35.5. The van der Waals surface area contributed by atoms with Gasteiger partial charge in [0, 0.05) is 15.9 Å². The quantitative estimate of drug-likeness (QED) is 0.912. The lowest BCUT2D eigenvalue weighted by Gasteiger charge is -2.21. The van der Waals surface area contributed by atoms with Gasteiger partial charge in [0.2, 0.25) is 0 Å². The number of halogens is 1. The van der Waals surface area contributed by atoms with Crippen molar-refractivity contribution < 1.29 is 4.74 Å². The average Bonchev–Trinajstić information content (AvgIpc) is 2.83. The van der Waals surface area contributed by atoms with Crippen molar-refractivity contribution >= 4 is 22.9 Å². The van der Waals surface area contributed by atoms with Gasteiger partial charge in [0.05, 0.1) is 0 Å². The molecule has 2 nitrogen and oxygen atoms in total. The van der Waals surface area contributed by atoms with Gasteiger partial charge in [-0.05, 0) is 49.1 Å². The van der Waals surface area contributed by atoms with E-state index in [0.29, 0.717) is 0 Å². The van der Waals surface area contributed by atoms with E-state index in [1.54, 1.807) is 11.3 Å². The van der Waals surface area contributed by atoms with Crippen LogP contribution in [-0.2, 0) is 0 Å². The van der Waals surface area contributed by atoms with Crippen LogP contribution in [0.15, 0.2) is 35.7 Å². The van der Waals surface area contributed by atoms with Gasteiger partial charge in [0.15, 0.2) is 0 Å². The average molecular weight is 282 g/mol. The van der Waals surface area contributed by atoms with Crippen LogP contribution in [0.5, 0.6) is 5.75 Å². The second-order valence-corrected chi connectivity index (χ2v) is 5.71. The summed E-state index contributed by atoms with van der Waals surface area (Å²) in [5, 5.41) is 2.78. The molecule has 0 aliphatic heterocycles. The first-order chi connectivity index (χ1) is 8.58. The standard InChI is InChI=1S/C14H16ClNOS/c1-9-8-11(5-6-12(9)15)17-14(10(2)16)13-4-3-7-18-13/h3-8,10,14H,16H2,1-2H3. The molecule has 0 aliphatic rings. The Morgan fingerprint density at radius 1 is 1.33 bits per heavy atom. The van der Waals surface area contributed by atoms with E-state index in [1.165, 1.54) is 0 Å². The molecule has 0 saturated heterocycles. The van der Waals surface area contributed by atoms with Crippen LogP contribution in [0.4, 0.5) is 0 Å². The van der Waals surface area contributed by atoms with Crippen LogP contribution in [0, 0.1) is 6.92 Å². The smallest absolute Gasteiger partial charge is 0.148 e. The highest BCUT2D eigenvalue weighted by molar-refractivity contribution is 7.10. The molecule has 1 heterocycles. The van der Waals surface area contributed by atoms with Gasteiger partial charge in [-0.1, -0.05) is 17.7 Å². The maximum Gasteiger partial charge on any atom is 0.148 e. The van der Waals surface area contributed by atoms with Crippen LogP contribution >= 0.6 is 22.9 Å². The predicted octanol–water partition coefficient (Wildman–Crippen LogP) is 4.18. The van der Waals surface area contributed by atoms with Crippen LogP contribution in [0.25, 0.3) is 0 Å². The Kier molecular flexibility index (Phi) is 4.27. The van der Waals surface area contributed by atoms with Gasteiger partial charge < -0.3 is 10.5 Å². The Morgan fingerprint density at radius 2 is 2.11 bits per heavy atom. The fourth-order valence-corrected chi connectivity index (χ4v) is 2.70. The van der Waals surface area contributed by atoms with E-state index in [4.69, 9.17) is 22.1 Å². The Balaban J connectivity index is 2.21. The number of rotatable bonds is 4. The third-order valence-electron chi connectivity index (χ3n) is 2.69. The maximum atomic E-state index is 6.00. The molecule has 4 heteroatoms. The summed E-state index contributed by atoms with van der Waals surface area (Å²) in [6, 6.07) is 9.63. The number of aryl methyl sites for hydroxylation is 1. The molecule has 0 spiro atoms. The second kappa shape index (κ2) is 5.74. The van der Waals surface area contributed by atoms with Gasteiger partial charge in [0.1, 0.15) is 11.9 Å². The summed E-state index contributed by atoms with van der Waals surface area (Å²) >= 11 is 7.66. The van der Waals surface area contributed by atoms with E-state index in [0.717, 1.165) is 21.2 Å². The molecule has 96 valence electrons. The van der Waals surface area contributed by atoms with Gasteiger partial charge in [0.25, 0.3) is 0 Å². The zero-order valence-electron chi connectivity index (χ0n) is 10.4. The van der Waals surface area contributed by atoms with Crippen LogP contribution < -0.4 is 10.5 Å². The van der Waals surface area contributed by atoms with Crippen LogP contribution in [-0.4, -0.2) is 6.04 Å². The molecule has 18 heavy (non-hydrogen) atoms. The third-order valence-corrected chi connectivity index (χ3v) is 4.05. The number of hydrogen-bond acceptors (Lipinski definition) is 3. The zero-order valence-corrected chi connectivity index (χ0v) is 12.0. The third kappa shape index (κ3) is 3.05. The van der Waals surface area contributed by atoms with Gasteiger partial charge in [-0.3, -0.25) is 0 Å². The van der Waals surface area contributed by atoms with Crippen molar-refractivity contribution in [1.82, 2.24) is 0 Å². The molecule has 2 N–H and O–H groups in total. The number of thiophene rings is 1. The van der Waals surface area contributed by atoms with E-state index >= 15 is 0 Å². The molecule has 2 unspecified atom stereocenters. The largest absolute Gasteiger partial charge is 0.483 e. The molecule has 1 aromatic heterocycles. The highest BCUT2D eigenvalue weighted by Crippen LogP contribution is 2.29. The lowest BCUT2D eigenvalue weighted by Crippen LogP contribution is -2.28. The Bertz CT molecular complexity index is 511. The lowest BCUT2D eigenvalue weighted by molar-refractivity contribution is 0.184. The molecule has 2 aromatic rings. The maximum absolute atomic E-state index is 6.00. The van der Waals surface area contributed by atoms with Crippen molar-refractivity contribution in [1.29, 1.82) is 0 Å². The normalized spacial score (nSPS) is 14.2. The lowest BCUT2D eigenvalue weighted by atomic mass is 10.1. The van der Waals surface area contributed by atoms with Crippen molar-refractivity contribution in [3.63, 3.8) is 0 Å². The van der Waals surface area contributed by atoms with E-state index < -0.39 is 0 Å². The molecule has 0 radical (unpaired) electrons. The minimum Gasteiger partial charge on any atom is -0.483 e. The highest BCUT2D eigenvalue weighted by Gasteiger charge is 2.19. The van der Waals surface area contributed by atoms with Crippen LogP contribution in [0.1, 0.15) is 23.5 Å². The summed E-state index contributed by atoms with van der Waals surface area (Å²) < 4.78 is 5.98. The molecule has 2 rings (SSSR count). The fraction of sp³-hybridized carbons (Fsp3) is 0.286. The number of benzene rings is 1. The number of ether oxygens (including phenoxy) is 1. The van der Waals surface area contributed by atoms with Gasteiger partial charge in [-0.2, -0.15) is 0 Å². The van der Waals surface area contributed by atoms with Gasteiger partial charge >= 0.3 is 0 Å². The minimum absolute atomic E-state index is 0.0698. The Hall–Kier alpha value is -1.03. The summed E-state index contributed by atoms with van der Waals surface area (Å²) in [7, 11) is 0. The minimum atomic E-state index is -0.120. The first-order valence-electron chi connectivity index (χ1n) is 5.79. The molecule has 0 fully saturated rings. The summed E-state index contributed by atoms with van der Waals surface area (Å²) in [5.74, 6) is 0.799. The SMILES string of the molecule is Cc1cc(OC(c2cccs2)C(C)N)ccc1Cl. The van der Waals surface area contributed by atoms with Crippen LogP contribution in [0.2, 0.25) is 5.02 Å². The Labute approximate surface area is 116 Å². The summed E-state index contributed by atoms with van der Waals surface area (Å²) in [4.78, 5) is 1.14. The number of nitrogens with two attached hydrogens (primary N) is 1. The van der Waals surface area contributed by atoms with Crippen molar-refractivity contribution in [2.45, 2.75) is 26.0 Å². The second-order valence-electron chi connectivity index (χ2n) is 4.32. The summed E-state index contributed by atoms with van der Waals surface area (Å²) in [6.07, 6.45) is -0.120. The van der Waals surface area contributed by atoms with Gasteiger partial charge in [-0.15, -0.1) is 11.3 Å². The summed E-state index contributed by atoms with van der Waals surface area (Å²) in [6.45, 7) is 3.91.